The minimum absolute atomic E-state index is 0.379. The number of nitrogens with one attached hydrogen (secondary N) is 1. The average Bonchev–Trinajstić information content (AvgIpc) is 2.81. The lowest BCUT2D eigenvalue weighted by Crippen LogP contribution is -2.39. The fraction of sp³-hybridized carbons (Fsp3) is 0.571. The molecule has 2 rings (SSSR count). The fourth-order valence-electron chi connectivity index (χ4n) is 2.10. The molecule has 2 aromatic rings. The van der Waals surface area contributed by atoms with Crippen molar-refractivity contribution in [2.45, 2.75) is 26.3 Å². The van der Waals surface area contributed by atoms with Crippen molar-refractivity contribution in [1.82, 2.24) is 19.9 Å². The topological polar surface area (TPSA) is 51.5 Å². The van der Waals surface area contributed by atoms with Gasteiger partial charge in [-0.3, -0.25) is 4.40 Å². The third-order valence-electron chi connectivity index (χ3n) is 3.29. The predicted molar refractivity (Wildman–Crippen MR) is 75.2 cm³/mol. The lowest BCUT2D eigenvalue weighted by atomic mass is 10.1. The second kappa shape index (κ2) is 6.63. The first-order chi connectivity index (χ1) is 9.22. The van der Waals surface area contributed by atoms with Gasteiger partial charge in [0.1, 0.15) is 5.82 Å². The zero-order chi connectivity index (χ0) is 13.7. The van der Waals surface area contributed by atoms with Gasteiger partial charge in [-0.15, -0.1) is 10.2 Å². The quantitative estimate of drug-likeness (QED) is 0.822. The van der Waals surface area contributed by atoms with Crippen molar-refractivity contribution in [3.63, 3.8) is 0 Å². The summed E-state index contributed by atoms with van der Waals surface area (Å²) in [7, 11) is 1.74. The van der Waals surface area contributed by atoms with E-state index in [9.17, 15) is 0 Å². The molecule has 0 aliphatic carbocycles. The zero-order valence-corrected chi connectivity index (χ0v) is 11.8. The summed E-state index contributed by atoms with van der Waals surface area (Å²) in [5.74, 6) is 1.54. The van der Waals surface area contributed by atoms with Crippen LogP contribution in [0.25, 0.3) is 5.65 Å². The van der Waals surface area contributed by atoms with Crippen molar-refractivity contribution in [2.24, 2.45) is 5.92 Å². The number of pyridine rings is 1. The summed E-state index contributed by atoms with van der Waals surface area (Å²) in [4.78, 5) is 0. The van der Waals surface area contributed by atoms with E-state index in [0.29, 0.717) is 12.0 Å². The van der Waals surface area contributed by atoms with Gasteiger partial charge in [-0.2, -0.15) is 0 Å². The molecule has 2 heterocycles. The Balaban J connectivity index is 1.91. The number of hydrogen-bond acceptors (Lipinski definition) is 4. The molecule has 2 aromatic heterocycles. The van der Waals surface area contributed by atoms with Gasteiger partial charge in [0.25, 0.3) is 0 Å². The van der Waals surface area contributed by atoms with Crippen LogP contribution in [0.2, 0.25) is 0 Å². The number of fused-ring (bicyclic) bond motifs is 1. The molecule has 1 atom stereocenters. The molecule has 5 heteroatoms. The molecule has 0 saturated carbocycles. The van der Waals surface area contributed by atoms with Gasteiger partial charge in [0.2, 0.25) is 0 Å². The van der Waals surface area contributed by atoms with Crippen LogP contribution in [0.3, 0.4) is 0 Å². The van der Waals surface area contributed by atoms with Crippen molar-refractivity contribution >= 4 is 5.65 Å². The highest BCUT2D eigenvalue weighted by atomic mass is 16.5. The summed E-state index contributed by atoms with van der Waals surface area (Å²) in [5.41, 5.74) is 0.898. The van der Waals surface area contributed by atoms with Gasteiger partial charge in [-0.25, -0.2) is 0 Å². The van der Waals surface area contributed by atoms with E-state index >= 15 is 0 Å². The third kappa shape index (κ3) is 3.52. The van der Waals surface area contributed by atoms with E-state index in [1.807, 2.05) is 28.8 Å². The van der Waals surface area contributed by atoms with Crippen molar-refractivity contribution in [3.8, 4) is 0 Å². The summed E-state index contributed by atoms with van der Waals surface area (Å²) >= 11 is 0. The second-order valence-electron chi connectivity index (χ2n) is 5.06. The number of hydrogen-bond donors (Lipinski definition) is 1. The summed E-state index contributed by atoms with van der Waals surface area (Å²) in [6, 6.07) is 6.31. The molecule has 0 radical (unpaired) electrons. The van der Waals surface area contributed by atoms with E-state index in [4.69, 9.17) is 4.74 Å². The molecule has 1 unspecified atom stereocenters. The minimum Gasteiger partial charge on any atom is -0.383 e. The highest BCUT2D eigenvalue weighted by Gasteiger charge is 2.12. The fourth-order valence-corrected chi connectivity index (χ4v) is 2.10. The Morgan fingerprint density at radius 2 is 2.16 bits per heavy atom. The molecule has 1 N–H and O–H groups in total. The highest BCUT2D eigenvalue weighted by molar-refractivity contribution is 5.36. The highest BCUT2D eigenvalue weighted by Crippen LogP contribution is 2.05. The molecule has 0 amide bonds. The van der Waals surface area contributed by atoms with E-state index in [2.05, 4.69) is 29.4 Å². The zero-order valence-electron chi connectivity index (χ0n) is 11.8. The van der Waals surface area contributed by atoms with Crippen LogP contribution in [0.4, 0.5) is 0 Å². The Kier molecular flexibility index (Phi) is 4.87. The van der Waals surface area contributed by atoms with E-state index in [1.54, 1.807) is 7.11 Å². The van der Waals surface area contributed by atoms with E-state index < -0.39 is 0 Å². The predicted octanol–water partition coefficient (Wildman–Crippen LogP) is 1.53. The lowest BCUT2D eigenvalue weighted by Gasteiger charge is -2.21. The number of nitrogens with zero attached hydrogens (tertiary/aromatic N) is 3. The molecule has 0 saturated heterocycles. The first-order valence-corrected chi connectivity index (χ1v) is 6.73. The summed E-state index contributed by atoms with van der Waals surface area (Å²) in [6.07, 6.45) is 2.86. The summed E-state index contributed by atoms with van der Waals surface area (Å²) < 4.78 is 7.26. The van der Waals surface area contributed by atoms with E-state index in [-0.39, 0.29) is 0 Å². The van der Waals surface area contributed by atoms with Gasteiger partial charge < -0.3 is 10.1 Å². The minimum atomic E-state index is 0.379. The van der Waals surface area contributed by atoms with E-state index in [0.717, 1.165) is 31.0 Å². The second-order valence-corrected chi connectivity index (χ2v) is 5.06. The van der Waals surface area contributed by atoms with Crippen molar-refractivity contribution in [3.05, 3.63) is 30.2 Å². The van der Waals surface area contributed by atoms with Crippen LogP contribution in [-0.2, 0) is 11.2 Å². The van der Waals surface area contributed by atoms with Gasteiger partial charge in [0.05, 0.1) is 6.61 Å². The summed E-state index contributed by atoms with van der Waals surface area (Å²) in [6.45, 7) is 6.01. The average molecular weight is 262 g/mol. The largest absolute Gasteiger partial charge is 0.383 e. The first-order valence-electron chi connectivity index (χ1n) is 6.73. The van der Waals surface area contributed by atoms with Crippen LogP contribution >= 0.6 is 0 Å². The van der Waals surface area contributed by atoms with E-state index in [1.165, 1.54) is 0 Å². The van der Waals surface area contributed by atoms with Crippen molar-refractivity contribution in [1.29, 1.82) is 0 Å². The Hall–Kier alpha value is -1.46. The molecular weight excluding hydrogens is 240 g/mol. The molecule has 0 aliphatic rings. The number of rotatable bonds is 7. The van der Waals surface area contributed by atoms with Gasteiger partial charge in [-0.05, 0) is 18.1 Å². The molecule has 19 heavy (non-hydrogen) atoms. The van der Waals surface area contributed by atoms with Crippen LogP contribution in [0.5, 0.6) is 0 Å². The first kappa shape index (κ1) is 14.0. The Morgan fingerprint density at radius 3 is 2.89 bits per heavy atom. The van der Waals surface area contributed by atoms with Crippen LogP contribution in [0.1, 0.15) is 19.7 Å². The maximum atomic E-state index is 5.23. The van der Waals surface area contributed by atoms with Crippen molar-refractivity contribution in [2.75, 3.05) is 20.3 Å². The standard InChI is InChI=1S/C14H22N4O/c1-11(2)12(10-19-3)15-8-7-14-17-16-13-6-4-5-9-18(13)14/h4-6,9,11-12,15H,7-8,10H2,1-3H3. The lowest BCUT2D eigenvalue weighted by molar-refractivity contribution is 0.147. The normalized spacial score (nSPS) is 13.3. The maximum Gasteiger partial charge on any atom is 0.160 e. The van der Waals surface area contributed by atoms with Crippen molar-refractivity contribution < 1.29 is 4.74 Å². The van der Waals surface area contributed by atoms with Crippen LogP contribution in [0, 0.1) is 5.92 Å². The maximum absolute atomic E-state index is 5.23. The molecule has 104 valence electrons. The van der Waals surface area contributed by atoms with Gasteiger partial charge in [0, 0.05) is 32.3 Å². The van der Waals surface area contributed by atoms with Crippen LogP contribution in [-0.4, -0.2) is 40.9 Å². The molecule has 0 bridgehead atoms. The monoisotopic (exact) mass is 262 g/mol. The smallest absolute Gasteiger partial charge is 0.160 e. The number of aromatic nitrogens is 3. The molecular formula is C14H22N4O. The number of methoxy groups -OCH3 is 1. The van der Waals surface area contributed by atoms with Crippen LogP contribution in [0.15, 0.2) is 24.4 Å². The summed E-state index contributed by atoms with van der Waals surface area (Å²) in [5, 5.41) is 11.9. The molecule has 0 aromatic carbocycles. The van der Waals surface area contributed by atoms with Gasteiger partial charge in [0.15, 0.2) is 5.65 Å². The Bertz CT molecular complexity index is 509. The molecule has 5 nitrogen and oxygen atoms in total. The molecule has 0 spiro atoms. The Morgan fingerprint density at radius 1 is 1.32 bits per heavy atom. The molecule has 0 aliphatic heterocycles. The van der Waals surface area contributed by atoms with Gasteiger partial charge >= 0.3 is 0 Å². The Labute approximate surface area is 114 Å². The van der Waals surface area contributed by atoms with Gasteiger partial charge in [-0.1, -0.05) is 19.9 Å². The molecule has 0 fully saturated rings. The third-order valence-corrected chi connectivity index (χ3v) is 3.29. The SMILES string of the molecule is COCC(NCCc1nnc2ccccn12)C(C)C. The number of ether oxygens (including phenoxy) is 1. The van der Waals surface area contributed by atoms with Crippen LogP contribution < -0.4 is 5.32 Å².